The van der Waals surface area contributed by atoms with Crippen LogP contribution in [0.15, 0.2) is 24.2 Å². The van der Waals surface area contributed by atoms with Crippen molar-refractivity contribution in [2.24, 2.45) is 5.92 Å². The molecule has 0 aromatic carbocycles. The monoisotopic (exact) mass is 196 g/mol. The van der Waals surface area contributed by atoms with Crippen LogP contribution in [0.4, 0.5) is 0 Å². The van der Waals surface area contributed by atoms with Gasteiger partial charge < -0.3 is 0 Å². The fourth-order valence-corrected chi connectivity index (χ4v) is 1.32. The summed E-state index contributed by atoms with van der Waals surface area (Å²) in [6.07, 6.45) is 5.28. The van der Waals surface area contributed by atoms with Gasteiger partial charge in [0.1, 0.15) is 6.33 Å². The Hall–Kier alpha value is -0.890. The summed E-state index contributed by atoms with van der Waals surface area (Å²) >= 11 is 5.80. The summed E-state index contributed by atoms with van der Waals surface area (Å²) in [4.78, 5) is 7.95. The number of aromatic nitrogens is 2. The molecule has 0 N–H and O–H groups in total. The van der Waals surface area contributed by atoms with Crippen molar-refractivity contribution in [1.29, 1.82) is 0 Å². The lowest BCUT2D eigenvalue weighted by atomic mass is 10.0. The molecule has 0 aliphatic rings. The Morgan fingerprint density at radius 3 is 2.85 bits per heavy atom. The first-order chi connectivity index (χ1) is 6.24. The van der Waals surface area contributed by atoms with Gasteiger partial charge in [-0.3, -0.25) is 0 Å². The van der Waals surface area contributed by atoms with E-state index in [-0.39, 0.29) is 0 Å². The second-order valence-corrected chi connectivity index (χ2v) is 3.41. The van der Waals surface area contributed by atoms with Gasteiger partial charge in [-0.15, -0.1) is 11.6 Å². The van der Waals surface area contributed by atoms with E-state index in [1.807, 2.05) is 12.1 Å². The molecule has 0 spiro atoms. The van der Waals surface area contributed by atoms with Crippen LogP contribution in [0, 0.1) is 5.92 Å². The molecule has 0 bridgehead atoms. The van der Waals surface area contributed by atoms with Crippen LogP contribution in [0.5, 0.6) is 0 Å². The van der Waals surface area contributed by atoms with Gasteiger partial charge in [0.15, 0.2) is 0 Å². The maximum absolute atomic E-state index is 5.80. The van der Waals surface area contributed by atoms with Crippen LogP contribution in [-0.4, -0.2) is 15.8 Å². The molecular formula is C10H13ClN2. The highest BCUT2D eigenvalue weighted by atomic mass is 35.5. The number of allylic oxidation sites excluding steroid dienone is 1. The third-order valence-corrected chi connectivity index (χ3v) is 2.14. The zero-order valence-corrected chi connectivity index (χ0v) is 8.62. The van der Waals surface area contributed by atoms with Crippen LogP contribution in [0.1, 0.15) is 19.5 Å². The second-order valence-electron chi connectivity index (χ2n) is 3.14. The minimum Gasteiger partial charge on any atom is -0.245 e. The van der Waals surface area contributed by atoms with E-state index in [9.17, 15) is 0 Å². The Morgan fingerprint density at radius 2 is 2.38 bits per heavy atom. The van der Waals surface area contributed by atoms with Crippen molar-refractivity contribution < 1.29 is 0 Å². The van der Waals surface area contributed by atoms with Crippen molar-refractivity contribution in [2.75, 3.05) is 5.88 Å². The lowest BCUT2D eigenvalue weighted by Gasteiger charge is -2.06. The molecule has 13 heavy (non-hydrogen) atoms. The zero-order valence-electron chi connectivity index (χ0n) is 7.87. The molecule has 0 saturated carbocycles. The Kier molecular flexibility index (Phi) is 3.90. The lowest BCUT2D eigenvalue weighted by molar-refractivity contribution is 0.777. The Morgan fingerprint density at radius 1 is 1.62 bits per heavy atom. The average molecular weight is 197 g/mol. The predicted octanol–water partition coefficient (Wildman–Crippen LogP) is 2.75. The second kappa shape index (κ2) is 4.97. The van der Waals surface area contributed by atoms with Gasteiger partial charge in [0, 0.05) is 12.1 Å². The van der Waals surface area contributed by atoms with Crippen LogP contribution < -0.4 is 0 Å². The molecule has 0 fully saturated rings. The summed E-state index contributed by atoms with van der Waals surface area (Å²) in [5.74, 6) is 1.02. The van der Waals surface area contributed by atoms with Gasteiger partial charge in [0.25, 0.3) is 0 Å². The van der Waals surface area contributed by atoms with E-state index in [2.05, 4.69) is 23.8 Å². The summed E-state index contributed by atoms with van der Waals surface area (Å²) in [5, 5.41) is 0. The first-order valence-electron chi connectivity index (χ1n) is 4.26. The third kappa shape index (κ3) is 3.15. The molecule has 0 aliphatic carbocycles. The van der Waals surface area contributed by atoms with Gasteiger partial charge in [0.2, 0.25) is 0 Å². The molecule has 70 valence electrons. The quantitative estimate of drug-likeness (QED) is 0.695. The van der Waals surface area contributed by atoms with Crippen molar-refractivity contribution in [3.8, 4) is 0 Å². The van der Waals surface area contributed by atoms with Crippen LogP contribution in [-0.2, 0) is 0 Å². The fourth-order valence-electron chi connectivity index (χ4n) is 0.936. The Balaban J connectivity index is 2.85. The standard InChI is InChI=1S/C10H13ClN2/c1-8(2)9(6-11)5-10-3-4-12-7-13-10/h3-5,7-8H,6H2,1-2H3. The number of rotatable bonds is 3. The van der Waals surface area contributed by atoms with E-state index < -0.39 is 0 Å². The largest absolute Gasteiger partial charge is 0.245 e. The topological polar surface area (TPSA) is 25.8 Å². The van der Waals surface area contributed by atoms with Gasteiger partial charge in [-0.2, -0.15) is 0 Å². The van der Waals surface area contributed by atoms with Gasteiger partial charge in [-0.1, -0.05) is 19.4 Å². The first-order valence-corrected chi connectivity index (χ1v) is 4.80. The van der Waals surface area contributed by atoms with E-state index in [4.69, 9.17) is 11.6 Å². The molecule has 1 heterocycles. The van der Waals surface area contributed by atoms with Crippen LogP contribution in [0.3, 0.4) is 0 Å². The molecule has 0 atom stereocenters. The summed E-state index contributed by atoms with van der Waals surface area (Å²) in [6.45, 7) is 4.24. The van der Waals surface area contributed by atoms with Crippen molar-refractivity contribution in [3.63, 3.8) is 0 Å². The summed E-state index contributed by atoms with van der Waals surface area (Å²) < 4.78 is 0. The van der Waals surface area contributed by atoms with E-state index in [0.717, 1.165) is 5.69 Å². The smallest absolute Gasteiger partial charge is 0.115 e. The van der Waals surface area contributed by atoms with E-state index >= 15 is 0 Å². The highest BCUT2D eigenvalue weighted by Gasteiger charge is 2.01. The number of alkyl halides is 1. The van der Waals surface area contributed by atoms with Gasteiger partial charge >= 0.3 is 0 Å². The van der Waals surface area contributed by atoms with Crippen LogP contribution >= 0.6 is 11.6 Å². The normalized spacial score (nSPS) is 12.2. The van der Waals surface area contributed by atoms with Crippen molar-refractivity contribution >= 4 is 17.7 Å². The number of nitrogens with zero attached hydrogens (tertiary/aromatic N) is 2. The molecule has 0 radical (unpaired) electrons. The molecule has 1 rings (SSSR count). The first kappa shape index (κ1) is 10.2. The van der Waals surface area contributed by atoms with E-state index in [1.54, 1.807) is 6.20 Å². The third-order valence-electron chi connectivity index (χ3n) is 1.83. The zero-order chi connectivity index (χ0) is 9.68. The SMILES string of the molecule is CC(C)C(=Cc1ccncn1)CCl. The van der Waals surface area contributed by atoms with Gasteiger partial charge in [-0.25, -0.2) is 9.97 Å². The van der Waals surface area contributed by atoms with Crippen LogP contribution in [0.25, 0.3) is 6.08 Å². The van der Waals surface area contributed by atoms with E-state index in [0.29, 0.717) is 11.8 Å². The maximum Gasteiger partial charge on any atom is 0.115 e. The van der Waals surface area contributed by atoms with Gasteiger partial charge in [0.05, 0.1) is 5.69 Å². The van der Waals surface area contributed by atoms with E-state index in [1.165, 1.54) is 11.9 Å². The molecule has 0 aliphatic heterocycles. The Labute approximate surface area is 83.7 Å². The number of halogens is 1. The minimum atomic E-state index is 0.465. The molecule has 1 aromatic heterocycles. The molecule has 0 unspecified atom stereocenters. The van der Waals surface area contributed by atoms with Gasteiger partial charge in [-0.05, 0) is 18.1 Å². The summed E-state index contributed by atoms with van der Waals surface area (Å²) in [7, 11) is 0. The van der Waals surface area contributed by atoms with Crippen LogP contribution in [0.2, 0.25) is 0 Å². The molecular weight excluding hydrogens is 184 g/mol. The Bertz CT molecular complexity index is 280. The van der Waals surface area contributed by atoms with Crippen molar-refractivity contribution in [3.05, 3.63) is 29.9 Å². The summed E-state index contributed by atoms with van der Waals surface area (Å²) in [5.41, 5.74) is 2.11. The highest BCUT2D eigenvalue weighted by Crippen LogP contribution is 2.14. The van der Waals surface area contributed by atoms with Crippen molar-refractivity contribution in [2.45, 2.75) is 13.8 Å². The number of hydrogen-bond acceptors (Lipinski definition) is 2. The average Bonchev–Trinajstić information content (AvgIpc) is 2.15. The molecule has 3 heteroatoms. The molecule has 0 saturated heterocycles. The summed E-state index contributed by atoms with van der Waals surface area (Å²) in [6, 6.07) is 1.87. The fraction of sp³-hybridized carbons (Fsp3) is 0.400. The maximum atomic E-state index is 5.80. The molecule has 2 nitrogen and oxygen atoms in total. The van der Waals surface area contributed by atoms with Crippen molar-refractivity contribution in [1.82, 2.24) is 9.97 Å². The molecule has 0 amide bonds. The highest BCUT2D eigenvalue weighted by molar-refractivity contribution is 6.19. The molecule has 1 aromatic rings. The minimum absolute atomic E-state index is 0.465. The number of hydrogen-bond donors (Lipinski definition) is 0. The lowest BCUT2D eigenvalue weighted by Crippen LogP contribution is -1.95. The predicted molar refractivity (Wildman–Crippen MR) is 55.6 cm³/mol.